The number of nitrogens with zero attached hydrogens (tertiary/aromatic N) is 2. The molecule has 2 amide bonds. The summed E-state index contributed by atoms with van der Waals surface area (Å²) in [5.41, 5.74) is 1.26. The maximum absolute atomic E-state index is 14.1. The highest BCUT2D eigenvalue weighted by atomic mass is 79.9. The molecular weight excluding hydrogens is 579 g/mol. The minimum atomic E-state index is -1.04. The number of rotatable bonds is 6. The zero-order valence-corrected chi connectivity index (χ0v) is 22.7. The van der Waals surface area contributed by atoms with Gasteiger partial charge in [-0.2, -0.15) is 0 Å². The first-order valence-corrected chi connectivity index (χ1v) is 13.4. The average molecular weight is 601 g/mol. The Morgan fingerprint density at radius 1 is 0.900 bits per heavy atom. The molecule has 4 atom stereocenters. The summed E-state index contributed by atoms with van der Waals surface area (Å²) < 4.78 is 19.9. The molecule has 0 radical (unpaired) electrons. The number of carbonyl (C=O) groups excluding carboxylic acids is 4. The predicted molar refractivity (Wildman–Crippen MR) is 148 cm³/mol. The molecule has 3 aliphatic heterocycles. The maximum Gasteiger partial charge on any atom is 0.240 e. The molecule has 40 heavy (non-hydrogen) atoms. The average Bonchev–Trinajstić information content (AvgIpc) is 3.44. The van der Waals surface area contributed by atoms with Crippen LogP contribution in [0.15, 0.2) is 101 Å². The van der Waals surface area contributed by atoms with Crippen molar-refractivity contribution in [2.24, 2.45) is 11.8 Å². The summed E-state index contributed by atoms with van der Waals surface area (Å²) in [4.78, 5) is 57.6. The summed E-state index contributed by atoms with van der Waals surface area (Å²) in [6, 6.07) is 17.1. The quantitative estimate of drug-likeness (QED) is 0.293. The Hall–Kier alpha value is -4.37. The monoisotopic (exact) mass is 600 g/mol. The number of ketones is 2. The van der Waals surface area contributed by atoms with Crippen LogP contribution < -0.4 is 9.64 Å². The van der Waals surface area contributed by atoms with Gasteiger partial charge in [-0.05, 0) is 58.4 Å². The third-order valence-electron chi connectivity index (χ3n) is 7.62. The number of halogens is 2. The highest BCUT2D eigenvalue weighted by Crippen LogP contribution is 2.47. The number of benzene rings is 3. The van der Waals surface area contributed by atoms with Crippen LogP contribution in [0.4, 0.5) is 10.1 Å². The molecule has 9 heteroatoms. The molecule has 3 aromatic rings. The van der Waals surface area contributed by atoms with Gasteiger partial charge < -0.3 is 9.64 Å². The lowest BCUT2D eigenvalue weighted by atomic mass is 9.85. The summed E-state index contributed by atoms with van der Waals surface area (Å²) in [6.45, 7) is 0. The molecule has 0 aliphatic carbocycles. The minimum Gasteiger partial charge on any atom is -0.496 e. The van der Waals surface area contributed by atoms with Gasteiger partial charge in [0, 0.05) is 22.9 Å². The minimum absolute atomic E-state index is 0.102. The van der Waals surface area contributed by atoms with Crippen LogP contribution in [0.3, 0.4) is 0 Å². The first-order valence-electron chi connectivity index (χ1n) is 12.6. The van der Waals surface area contributed by atoms with E-state index in [1.54, 1.807) is 65.7 Å². The molecular formula is C31H22BrFN2O5. The van der Waals surface area contributed by atoms with Gasteiger partial charge in [-0.3, -0.25) is 19.2 Å². The van der Waals surface area contributed by atoms with E-state index in [1.807, 2.05) is 6.07 Å². The molecule has 6 rings (SSSR count). The zero-order chi connectivity index (χ0) is 28.1. The number of Topliss-reactive ketones (excluding diaryl/α,β-unsaturated/α-hetero) is 2. The number of hydrogen-bond acceptors (Lipinski definition) is 6. The van der Waals surface area contributed by atoms with Gasteiger partial charge >= 0.3 is 0 Å². The van der Waals surface area contributed by atoms with Crippen LogP contribution in [0.5, 0.6) is 5.75 Å². The normalized spacial score (nSPS) is 23.1. The molecule has 0 spiro atoms. The van der Waals surface area contributed by atoms with Gasteiger partial charge in [0.2, 0.25) is 11.8 Å². The lowest BCUT2D eigenvalue weighted by Crippen LogP contribution is -2.46. The summed E-state index contributed by atoms with van der Waals surface area (Å²) in [5.74, 6) is -3.77. The Morgan fingerprint density at radius 2 is 1.65 bits per heavy atom. The second kappa shape index (κ2) is 9.98. The Labute approximate surface area is 237 Å². The summed E-state index contributed by atoms with van der Waals surface area (Å²) in [6.07, 6.45) is 4.88. The molecule has 3 heterocycles. The molecule has 2 saturated heterocycles. The van der Waals surface area contributed by atoms with E-state index >= 15 is 0 Å². The van der Waals surface area contributed by atoms with Gasteiger partial charge in [0.1, 0.15) is 17.6 Å². The lowest BCUT2D eigenvalue weighted by Gasteiger charge is -2.33. The molecule has 2 fully saturated rings. The number of amides is 2. The molecule has 7 nitrogen and oxygen atoms in total. The summed E-state index contributed by atoms with van der Waals surface area (Å²) in [7, 11) is 1.51. The smallest absolute Gasteiger partial charge is 0.240 e. The number of allylic oxidation sites excluding steroid dienone is 2. The van der Waals surface area contributed by atoms with Crippen molar-refractivity contribution in [3.05, 3.63) is 118 Å². The van der Waals surface area contributed by atoms with Crippen molar-refractivity contribution in [1.29, 1.82) is 0 Å². The van der Waals surface area contributed by atoms with Crippen LogP contribution in [0.1, 0.15) is 20.7 Å². The SMILES string of the molecule is COc1ccc(C(=O)[C@@H]2[C@@H]3C(=O)N(c4cccc(F)c4)C(=O)[C@@H]3[C@@H]3C=C(C(=O)c4ccccc4)C=CN23)cc1Br. The predicted octanol–water partition coefficient (Wildman–Crippen LogP) is 4.97. The third-order valence-corrected chi connectivity index (χ3v) is 8.24. The summed E-state index contributed by atoms with van der Waals surface area (Å²) in [5, 5.41) is 0. The van der Waals surface area contributed by atoms with Crippen molar-refractivity contribution in [3.63, 3.8) is 0 Å². The number of fused-ring (bicyclic) bond motifs is 3. The van der Waals surface area contributed by atoms with Crippen LogP contribution in [0.25, 0.3) is 0 Å². The molecule has 0 unspecified atom stereocenters. The van der Waals surface area contributed by atoms with Gasteiger partial charge in [0.15, 0.2) is 11.6 Å². The number of hydrogen-bond donors (Lipinski definition) is 0. The maximum atomic E-state index is 14.1. The van der Waals surface area contributed by atoms with Crippen molar-refractivity contribution < 1.29 is 28.3 Å². The van der Waals surface area contributed by atoms with Gasteiger partial charge in [-0.25, -0.2) is 9.29 Å². The first kappa shape index (κ1) is 25.9. The molecule has 3 aliphatic rings. The van der Waals surface area contributed by atoms with Crippen LogP contribution in [0.2, 0.25) is 0 Å². The highest BCUT2D eigenvalue weighted by molar-refractivity contribution is 9.10. The van der Waals surface area contributed by atoms with Crippen LogP contribution >= 0.6 is 15.9 Å². The van der Waals surface area contributed by atoms with E-state index in [1.165, 1.54) is 25.3 Å². The van der Waals surface area contributed by atoms with E-state index in [0.29, 0.717) is 26.9 Å². The first-order chi connectivity index (χ1) is 19.3. The van der Waals surface area contributed by atoms with Gasteiger partial charge in [0.25, 0.3) is 0 Å². The zero-order valence-electron chi connectivity index (χ0n) is 21.2. The Balaban J connectivity index is 1.44. The van der Waals surface area contributed by atoms with E-state index in [9.17, 15) is 23.6 Å². The second-order valence-electron chi connectivity index (χ2n) is 9.77. The molecule has 0 aromatic heterocycles. The Bertz CT molecular complexity index is 1640. The van der Waals surface area contributed by atoms with E-state index < -0.39 is 41.6 Å². The fourth-order valence-electron chi connectivity index (χ4n) is 5.81. The van der Waals surface area contributed by atoms with Gasteiger partial charge in [-0.15, -0.1) is 0 Å². The molecule has 200 valence electrons. The molecule has 0 N–H and O–H groups in total. The van der Waals surface area contributed by atoms with Gasteiger partial charge in [-0.1, -0.05) is 42.5 Å². The number of carbonyl (C=O) groups is 4. The van der Waals surface area contributed by atoms with Gasteiger partial charge in [0.05, 0.1) is 35.1 Å². The molecule has 3 aromatic carbocycles. The van der Waals surface area contributed by atoms with E-state index in [0.717, 1.165) is 11.0 Å². The number of anilines is 1. The third kappa shape index (κ3) is 4.08. The number of imide groups is 1. The number of methoxy groups -OCH3 is 1. The standard InChI is InChI=1S/C31H22BrFN2O5/c1-40-24-11-10-18(14-22(24)32)29(37)27-26-25(30(38)35(31(26)39)21-9-5-8-20(33)16-21)23-15-19(12-13-34(23)27)28(36)17-6-3-2-4-7-17/h2-16,23,25-27H,1H3/t23-,25+,26+,27-/m0/s1. The van der Waals surface area contributed by atoms with Crippen molar-refractivity contribution in [1.82, 2.24) is 4.90 Å². The Kier molecular flexibility index (Phi) is 6.46. The Morgan fingerprint density at radius 3 is 2.35 bits per heavy atom. The summed E-state index contributed by atoms with van der Waals surface area (Å²) >= 11 is 3.41. The fourth-order valence-corrected chi connectivity index (χ4v) is 6.35. The van der Waals surface area contributed by atoms with Crippen molar-refractivity contribution in [2.45, 2.75) is 12.1 Å². The van der Waals surface area contributed by atoms with E-state index in [-0.39, 0.29) is 17.3 Å². The van der Waals surface area contributed by atoms with Crippen LogP contribution in [-0.2, 0) is 9.59 Å². The fraction of sp³-hybridized carbons (Fsp3) is 0.161. The van der Waals surface area contributed by atoms with E-state index in [4.69, 9.17) is 4.74 Å². The van der Waals surface area contributed by atoms with Crippen LogP contribution in [-0.4, -0.2) is 47.5 Å². The number of ether oxygens (including phenoxy) is 1. The van der Waals surface area contributed by atoms with Crippen molar-refractivity contribution >= 4 is 45.0 Å². The highest BCUT2D eigenvalue weighted by Gasteiger charge is 2.63. The second-order valence-corrected chi connectivity index (χ2v) is 10.6. The van der Waals surface area contributed by atoms with Crippen LogP contribution in [0, 0.1) is 17.7 Å². The molecule has 0 saturated carbocycles. The lowest BCUT2D eigenvalue weighted by molar-refractivity contribution is -0.123. The topological polar surface area (TPSA) is 84.0 Å². The molecule has 0 bridgehead atoms. The van der Waals surface area contributed by atoms with Crippen molar-refractivity contribution in [2.75, 3.05) is 12.0 Å². The van der Waals surface area contributed by atoms with Crippen molar-refractivity contribution in [3.8, 4) is 5.75 Å². The van der Waals surface area contributed by atoms with E-state index in [2.05, 4.69) is 15.9 Å². The largest absolute Gasteiger partial charge is 0.496 e.